The fraction of sp³-hybridized carbons (Fsp3) is 0.0909. The Morgan fingerprint density at radius 3 is 2.86 bits per heavy atom. The third kappa shape index (κ3) is 2.75. The van der Waals surface area contributed by atoms with E-state index in [4.69, 9.17) is 16.0 Å². The molecule has 0 bridgehead atoms. The van der Waals surface area contributed by atoms with Gasteiger partial charge in [-0.25, -0.2) is 9.37 Å². The zero-order chi connectivity index (χ0) is 19.3. The number of furan rings is 1. The summed E-state index contributed by atoms with van der Waals surface area (Å²) >= 11 is 6.05. The lowest BCUT2D eigenvalue weighted by atomic mass is 10.1. The summed E-state index contributed by atoms with van der Waals surface area (Å²) < 4.78 is 21.5. The van der Waals surface area contributed by atoms with E-state index in [9.17, 15) is 9.18 Å². The zero-order valence-corrected chi connectivity index (χ0v) is 15.4. The normalized spacial score (nSPS) is 14.7. The summed E-state index contributed by atoms with van der Waals surface area (Å²) in [7, 11) is 0. The minimum Gasteiger partial charge on any atom is -0.457 e. The van der Waals surface area contributed by atoms with E-state index in [1.54, 1.807) is 53.1 Å². The van der Waals surface area contributed by atoms with Gasteiger partial charge in [0.15, 0.2) is 0 Å². The molecule has 0 fully saturated rings. The lowest BCUT2D eigenvalue weighted by Gasteiger charge is -2.05. The van der Waals surface area contributed by atoms with Crippen LogP contribution in [0.25, 0.3) is 33.9 Å². The van der Waals surface area contributed by atoms with Crippen molar-refractivity contribution >= 4 is 34.2 Å². The third-order valence-electron chi connectivity index (χ3n) is 4.89. The molecule has 1 aliphatic heterocycles. The minimum absolute atomic E-state index is 0.0773. The Bertz CT molecular complexity index is 1320. The van der Waals surface area contributed by atoms with Crippen LogP contribution in [0, 0.1) is 5.82 Å². The molecule has 0 amide bonds. The van der Waals surface area contributed by atoms with E-state index < -0.39 is 0 Å². The number of hydrogen-bond acceptors (Lipinski definition) is 3. The van der Waals surface area contributed by atoms with Crippen molar-refractivity contribution < 1.29 is 8.81 Å². The lowest BCUT2D eigenvalue weighted by molar-refractivity contribution is 0.561. The van der Waals surface area contributed by atoms with Gasteiger partial charge < -0.3 is 4.42 Å². The topological polar surface area (TPSA) is 48.0 Å². The van der Waals surface area contributed by atoms with Crippen LogP contribution in [0.15, 0.2) is 63.8 Å². The van der Waals surface area contributed by atoms with Crippen LogP contribution in [0.4, 0.5) is 4.39 Å². The number of rotatable bonds is 2. The molecule has 0 N–H and O–H groups in total. The highest BCUT2D eigenvalue weighted by Gasteiger charge is 2.21. The largest absolute Gasteiger partial charge is 0.457 e. The second-order valence-electron chi connectivity index (χ2n) is 6.66. The highest BCUT2D eigenvalue weighted by Crippen LogP contribution is 2.30. The van der Waals surface area contributed by atoms with Crippen LogP contribution >= 0.6 is 11.6 Å². The molecule has 5 rings (SSSR count). The summed E-state index contributed by atoms with van der Waals surface area (Å²) in [6.45, 7) is 0.562. The van der Waals surface area contributed by atoms with Gasteiger partial charge in [0.1, 0.15) is 23.2 Å². The van der Waals surface area contributed by atoms with Gasteiger partial charge in [-0.3, -0.25) is 9.36 Å². The summed E-state index contributed by atoms with van der Waals surface area (Å²) in [6, 6.07) is 15.1. The average Bonchev–Trinajstić information content (AvgIpc) is 3.30. The van der Waals surface area contributed by atoms with Crippen molar-refractivity contribution in [1.82, 2.24) is 9.55 Å². The molecule has 4 nitrogen and oxygen atoms in total. The highest BCUT2D eigenvalue weighted by molar-refractivity contribution is 6.31. The Morgan fingerprint density at radius 1 is 1.14 bits per heavy atom. The fourth-order valence-electron chi connectivity index (χ4n) is 3.54. The van der Waals surface area contributed by atoms with E-state index in [1.807, 2.05) is 6.08 Å². The van der Waals surface area contributed by atoms with Crippen molar-refractivity contribution in [3.63, 3.8) is 0 Å². The number of hydrogen-bond donors (Lipinski definition) is 0. The first kappa shape index (κ1) is 17.0. The van der Waals surface area contributed by atoms with Gasteiger partial charge in [-0.2, -0.15) is 0 Å². The van der Waals surface area contributed by atoms with Gasteiger partial charge in [-0.1, -0.05) is 23.7 Å². The van der Waals surface area contributed by atoms with E-state index in [1.165, 1.54) is 6.07 Å². The smallest absolute Gasteiger partial charge is 0.261 e. The summed E-state index contributed by atoms with van der Waals surface area (Å²) in [5.74, 6) is 1.32. The van der Waals surface area contributed by atoms with Crippen LogP contribution in [0.3, 0.4) is 0 Å². The van der Waals surface area contributed by atoms with Gasteiger partial charge in [0.25, 0.3) is 5.56 Å². The van der Waals surface area contributed by atoms with E-state index in [0.717, 1.165) is 5.57 Å². The maximum absolute atomic E-state index is 14.0. The van der Waals surface area contributed by atoms with Crippen LogP contribution in [0.2, 0.25) is 5.02 Å². The van der Waals surface area contributed by atoms with Crippen LogP contribution in [-0.4, -0.2) is 9.55 Å². The average molecular weight is 393 g/mol. The molecule has 0 atom stereocenters. The van der Waals surface area contributed by atoms with Gasteiger partial charge in [0.05, 0.1) is 16.5 Å². The molecular formula is C22H14ClFN2O2. The van der Waals surface area contributed by atoms with Gasteiger partial charge >= 0.3 is 0 Å². The molecule has 0 unspecified atom stereocenters. The predicted octanol–water partition coefficient (Wildman–Crippen LogP) is 5.39. The first-order valence-corrected chi connectivity index (χ1v) is 9.24. The van der Waals surface area contributed by atoms with Crippen LogP contribution < -0.4 is 5.56 Å². The number of nitrogens with zero attached hydrogens (tertiary/aromatic N) is 2. The number of allylic oxidation sites excluding steroid dienone is 1. The van der Waals surface area contributed by atoms with Crippen molar-refractivity contribution in [3.8, 4) is 11.3 Å². The van der Waals surface area contributed by atoms with Crippen molar-refractivity contribution in [3.05, 3.63) is 87.4 Å². The van der Waals surface area contributed by atoms with Gasteiger partial charge in [0, 0.05) is 17.1 Å². The van der Waals surface area contributed by atoms with E-state index in [2.05, 4.69) is 4.98 Å². The predicted molar refractivity (Wildman–Crippen MR) is 108 cm³/mol. The monoisotopic (exact) mass is 392 g/mol. The molecule has 2 aromatic carbocycles. The molecule has 3 heterocycles. The fourth-order valence-corrected chi connectivity index (χ4v) is 3.70. The van der Waals surface area contributed by atoms with E-state index >= 15 is 0 Å². The third-order valence-corrected chi connectivity index (χ3v) is 5.13. The maximum Gasteiger partial charge on any atom is 0.261 e. The standard InChI is InChI=1S/C22H14ClFN2O2/c23-14-5-7-17-19(12-14)25-21-13(9-10-26(21)22(17)27)11-15-6-8-20(28-15)16-3-1-2-4-18(16)24/h1-8,11-12H,9-10H2/b13-11+. The van der Waals surface area contributed by atoms with Crippen molar-refractivity contribution in [2.75, 3.05) is 0 Å². The Balaban J connectivity index is 1.58. The minimum atomic E-state index is -0.334. The lowest BCUT2D eigenvalue weighted by Crippen LogP contribution is -2.20. The molecule has 0 spiro atoms. The summed E-state index contributed by atoms with van der Waals surface area (Å²) in [5.41, 5.74) is 1.80. The molecule has 0 aliphatic carbocycles. The molecule has 0 radical (unpaired) electrons. The molecule has 4 aromatic rings. The molecular weight excluding hydrogens is 379 g/mol. The first-order chi connectivity index (χ1) is 13.6. The van der Waals surface area contributed by atoms with Crippen LogP contribution in [0.1, 0.15) is 18.0 Å². The summed E-state index contributed by atoms with van der Waals surface area (Å²) in [6.07, 6.45) is 2.52. The molecule has 2 aromatic heterocycles. The van der Waals surface area contributed by atoms with Crippen LogP contribution in [-0.2, 0) is 6.54 Å². The second kappa shape index (κ2) is 6.46. The summed E-state index contributed by atoms with van der Waals surface area (Å²) in [4.78, 5) is 17.4. The first-order valence-electron chi connectivity index (χ1n) is 8.86. The Labute approximate surface area is 164 Å². The Morgan fingerprint density at radius 2 is 2.00 bits per heavy atom. The van der Waals surface area contributed by atoms with E-state index in [-0.39, 0.29) is 11.4 Å². The molecule has 0 saturated carbocycles. The van der Waals surface area contributed by atoms with Gasteiger partial charge in [-0.15, -0.1) is 0 Å². The number of aromatic nitrogens is 2. The summed E-state index contributed by atoms with van der Waals surface area (Å²) in [5, 5.41) is 1.09. The van der Waals surface area contributed by atoms with Crippen LogP contribution in [0.5, 0.6) is 0 Å². The maximum atomic E-state index is 14.0. The number of fused-ring (bicyclic) bond motifs is 2. The van der Waals surface area contributed by atoms with Crippen molar-refractivity contribution in [2.24, 2.45) is 0 Å². The Kier molecular flexibility index (Phi) is 3.91. The quantitative estimate of drug-likeness (QED) is 0.459. The molecule has 28 heavy (non-hydrogen) atoms. The SMILES string of the molecule is O=c1c2ccc(Cl)cc2nc2n1CC/C2=C\c1ccc(-c2ccccc2F)o1. The van der Waals surface area contributed by atoms with E-state index in [0.29, 0.717) is 51.8 Å². The molecule has 0 saturated heterocycles. The number of halogens is 2. The zero-order valence-electron chi connectivity index (χ0n) is 14.7. The number of benzene rings is 2. The van der Waals surface area contributed by atoms with Crippen molar-refractivity contribution in [1.29, 1.82) is 0 Å². The Hall–Kier alpha value is -3.18. The molecule has 1 aliphatic rings. The highest BCUT2D eigenvalue weighted by atomic mass is 35.5. The van der Waals surface area contributed by atoms with Gasteiger partial charge in [0.2, 0.25) is 0 Å². The molecule has 6 heteroatoms. The van der Waals surface area contributed by atoms with Crippen molar-refractivity contribution in [2.45, 2.75) is 13.0 Å². The second-order valence-corrected chi connectivity index (χ2v) is 7.09. The molecule has 138 valence electrons. The van der Waals surface area contributed by atoms with Gasteiger partial charge in [-0.05, 0) is 55.0 Å².